The van der Waals surface area contributed by atoms with E-state index < -0.39 is 5.60 Å². The summed E-state index contributed by atoms with van der Waals surface area (Å²) in [5.74, 6) is 1.35. The Balaban J connectivity index is 2.42. The van der Waals surface area contributed by atoms with Crippen molar-refractivity contribution in [3.63, 3.8) is 0 Å². The van der Waals surface area contributed by atoms with Gasteiger partial charge in [-0.25, -0.2) is 4.79 Å². The molecule has 1 aromatic carbocycles. The molecule has 0 radical (unpaired) electrons. The third kappa shape index (κ3) is 6.93. The number of anilines is 1. The number of hydrogen-bond donors (Lipinski definition) is 2. The fraction of sp³-hybridized carbons (Fsp3) is 0.562. The van der Waals surface area contributed by atoms with Crippen molar-refractivity contribution in [2.45, 2.75) is 33.3 Å². The second-order valence-electron chi connectivity index (χ2n) is 5.77. The van der Waals surface area contributed by atoms with Gasteiger partial charge in [0.15, 0.2) is 0 Å². The molecule has 0 saturated heterocycles. The lowest BCUT2D eigenvalue weighted by atomic mass is 10.2. The van der Waals surface area contributed by atoms with Crippen LogP contribution in [-0.2, 0) is 4.74 Å². The number of amides is 1. The minimum absolute atomic E-state index is 0.313. The number of carbonyl (C=O) groups excluding carboxylic acids is 1. The fourth-order valence-corrected chi connectivity index (χ4v) is 1.92. The molecule has 0 spiro atoms. The van der Waals surface area contributed by atoms with Crippen LogP contribution in [0.1, 0.15) is 27.7 Å². The topological polar surface area (TPSA) is 50.8 Å². The second kappa shape index (κ2) is 8.78. The molecule has 0 aliphatic rings. The quantitative estimate of drug-likeness (QED) is 0.593. The van der Waals surface area contributed by atoms with Crippen LogP contribution >= 0.6 is 12.6 Å². The van der Waals surface area contributed by atoms with Gasteiger partial charge in [-0.3, -0.25) is 0 Å². The van der Waals surface area contributed by atoms with Crippen LogP contribution in [0.15, 0.2) is 24.3 Å². The van der Waals surface area contributed by atoms with Crippen molar-refractivity contribution in [3.8, 4) is 5.75 Å². The van der Waals surface area contributed by atoms with E-state index in [-0.39, 0.29) is 6.09 Å². The molecular formula is C16H26N2O3S. The van der Waals surface area contributed by atoms with E-state index in [4.69, 9.17) is 9.47 Å². The summed E-state index contributed by atoms with van der Waals surface area (Å²) in [7, 11) is 0. The van der Waals surface area contributed by atoms with Gasteiger partial charge in [0.1, 0.15) is 18.0 Å². The Hall–Kier alpha value is -1.56. The molecule has 0 heterocycles. The van der Waals surface area contributed by atoms with Crippen LogP contribution < -0.4 is 10.1 Å². The Morgan fingerprint density at radius 2 is 1.91 bits per heavy atom. The highest BCUT2D eigenvalue weighted by Gasteiger charge is 2.20. The number of hydrogen-bond acceptors (Lipinski definition) is 5. The first kappa shape index (κ1) is 18.5. The summed E-state index contributed by atoms with van der Waals surface area (Å²) >= 11 is 4.10. The van der Waals surface area contributed by atoms with Gasteiger partial charge in [0.05, 0.1) is 12.4 Å². The van der Waals surface area contributed by atoms with Gasteiger partial charge in [-0.1, -0.05) is 0 Å². The molecule has 0 aromatic heterocycles. The van der Waals surface area contributed by atoms with Gasteiger partial charge in [0, 0.05) is 12.2 Å². The van der Waals surface area contributed by atoms with Crippen LogP contribution in [0.2, 0.25) is 0 Å². The average molecular weight is 326 g/mol. The number of thiol groups is 1. The molecule has 1 rings (SSSR count). The van der Waals surface area contributed by atoms with Crippen molar-refractivity contribution < 1.29 is 14.3 Å². The molecule has 6 heteroatoms. The molecule has 1 aromatic rings. The third-order valence-electron chi connectivity index (χ3n) is 2.80. The SMILES string of the molecule is CCN(CCOc1ccc(NCS)cc1)C(=O)OC(C)(C)C. The molecule has 1 N–H and O–H groups in total. The highest BCUT2D eigenvalue weighted by Crippen LogP contribution is 2.16. The molecule has 0 saturated carbocycles. The van der Waals surface area contributed by atoms with Crippen LogP contribution in [0.5, 0.6) is 5.75 Å². The van der Waals surface area contributed by atoms with Crippen molar-refractivity contribution in [3.05, 3.63) is 24.3 Å². The number of nitrogens with one attached hydrogen (secondary N) is 1. The zero-order chi connectivity index (χ0) is 16.6. The van der Waals surface area contributed by atoms with E-state index in [1.807, 2.05) is 52.0 Å². The summed E-state index contributed by atoms with van der Waals surface area (Å²) in [6.45, 7) is 8.99. The van der Waals surface area contributed by atoms with Gasteiger partial charge in [-0.05, 0) is 52.0 Å². The van der Waals surface area contributed by atoms with Crippen LogP contribution in [-0.4, -0.2) is 42.2 Å². The van der Waals surface area contributed by atoms with Crippen LogP contribution in [0, 0.1) is 0 Å². The van der Waals surface area contributed by atoms with Crippen LogP contribution in [0.3, 0.4) is 0 Å². The van der Waals surface area contributed by atoms with E-state index in [1.165, 1.54) is 0 Å². The fourth-order valence-electron chi connectivity index (χ4n) is 1.74. The first-order valence-corrected chi connectivity index (χ1v) is 8.04. The molecule has 0 fully saturated rings. The van der Waals surface area contributed by atoms with Crippen molar-refractivity contribution >= 4 is 24.4 Å². The molecule has 124 valence electrons. The Bertz CT molecular complexity index is 457. The predicted octanol–water partition coefficient (Wildman–Crippen LogP) is 3.62. The summed E-state index contributed by atoms with van der Waals surface area (Å²) in [6.07, 6.45) is -0.313. The lowest BCUT2D eigenvalue weighted by molar-refractivity contribution is 0.0237. The first-order valence-electron chi connectivity index (χ1n) is 7.41. The van der Waals surface area contributed by atoms with Crippen molar-refractivity contribution in [1.29, 1.82) is 0 Å². The molecule has 0 aliphatic carbocycles. The second-order valence-corrected chi connectivity index (χ2v) is 6.08. The zero-order valence-corrected chi connectivity index (χ0v) is 14.7. The summed E-state index contributed by atoms with van der Waals surface area (Å²) < 4.78 is 11.0. The highest BCUT2D eigenvalue weighted by molar-refractivity contribution is 7.80. The maximum Gasteiger partial charge on any atom is 0.410 e. The van der Waals surface area contributed by atoms with E-state index in [0.717, 1.165) is 11.4 Å². The maximum atomic E-state index is 12.0. The van der Waals surface area contributed by atoms with Crippen molar-refractivity contribution in [2.24, 2.45) is 0 Å². The largest absolute Gasteiger partial charge is 0.492 e. The van der Waals surface area contributed by atoms with E-state index >= 15 is 0 Å². The van der Waals surface area contributed by atoms with Gasteiger partial charge < -0.3 is 19.7 Å². The number of ether oxygens (including phenoxy) is 2. The minimum Gasteiger partial charge on any atom is -0.492 e. The Morgan fingerprint density at radius 1 is 1.27 bits per heavy atom. The molecule has 0 atom stereocenters. The van der Waals surface area contributed by atoms with Crippen molar-refractivity contribution in [2.75, 3.05) is 30.9 Å². The van der Waals surface area contributed by atoms with E-state index in [9.17, 15) is 4.79 Å². The Morgan fingerprint density at radius 3 is 2.41 bits per heavy atom. The zero-order valence-electron chi connectivity index (χ0n) is 13.8. The highest BCUT2D eigenvalue weighted by atomic mass is 32.1. The summed E-state index contributed by atoms with van der Waals surface area (Å²) in [4.78, 5) is 13.6. The molecule has 0 unspecified atom stereocenters. The van der Waals surface area contributed by atoms with E-state index in [2.05, 4.69) is 17.9 Å². The number of nitrogens with zero attached hydrogens (tertiary/aromatic N) is 1. The van der Waals surface area contributed by atoms with E-state index in [1.54, 1.807) is 4.90 Å². The van der Waals surface area contributed by atoms with Gasteiger partial charge in [-0.2, -0.15) is 12.6 Å². The summed E-state index contributed by atoms with van der Waals surface area (Å²) in [5, 5.41) is 3.09. The average Bonchev–Trinajstić information content (AvgIpc) is 2.43. The smallest absolute Gasteiger partial charge is 0.410 e. The van der Waals surface area contributed by atoms with Gasteiger partial charge in [0.25, 0.3) is 0 Å². The van der Waals surface area contributed by atoms with Crippen LogP contribution in [0.25, 0.3) is 0 Å². The van der Waals surface area contributed by atoms with Gasteiger partial charge in [-0.15, -0.1) is 0 Å². The van der Waals surface area contributed by atoms with Crippen molar-refractivity contribution in [1.82, 2.24) is 4.90 Å². The van der Waals surface area contributed by atoms with E-state index in [0.29, 0.717) is 25.6 Å². The molecule has 1 amide bonds. The predicted molar refractivity (Wildman–Crippen MR) is 92.9 cm³/mol. The first-order chi connectivity index (χ1) is 10.4. The Kier molecular flexibility index (Phi) is 7.38. The molecule has 0 aliphatic heterocycles. The monoisotopic (exact) mass is 326 g/mol. The standard InChI is InChI=1S/C16H26N2O3S/c1-5-18(15(19)21-16(2,3)4)10-11-20-14-8-6-13(7-9-14)17-12-22/h6-9,17,22H,5,10-12H2,1-4H3. The lowest BCUT2D eigenvalue weighted by Crippen LogP contribution is -2.38. The number of rotatable bonds is 7. The molecule has 0 bridgehead atoms. The maximum absolute atomic E-state index is 12.0. The summed E-state index contributed by atoms with van der Waals surface area (Å²) in [6, 6.07) is 7.62. The number of carbonyl (C=O) groups is 1. The lowest BCUT2D eigenvalue weighted by Gasteiger charge is -2.26. The third-order valence-corrected chi connectivity index (χ3v) is 2.96. The number of likely N-dealkylation sites (N-methyl/N-ethyl adjacent to an activating group) is 1. The summed E-state index contributed by atoms with van der Waals surface area (Å²) in [5.41, 5.74) is 0.507. The van der Waals surface area contributed by atoms with Gasteiger partial charge in [0.2, 0.25) is 0 Å². The Labute approximate surface area is 138 Å². The number of benzene rings is 1. The molecule has 5 nitrogen and oxygen atoms in total. The van der Waals surface area contributed by atoms with Gasteiger partial charge >= 0.3 is 6.09 Å². The molecule has 22 heavy (non-hydrogen) atoms. The normalized spacial score (nSPS) is 11.0. The minimum atomic E-state index is -0.485. The van der Waals surface area contributed by atoms with Crippen LogP contribution in [0.4, 0.5) is 10.5 Å². The molecular weight excluding hydrogens is 300 g/mol.